The fraction of sp³-hybridized carbons (Fsp3) is 0.400. The number of nitrogens with one attached hydrogen (secondary N) is 2. The molecule has 1 aromatic carbocycles. The van der Waals surface area contributed by atoms with Crippen molar-refractivity contribution >= 4 is 6.03 Å². The number of aryl methyl sites for hydroxylation is 1. The van der Waals surface area contributed by atoms with Gasteiger partial charge in [0.15, 0.2) is 0 Å². The van der Waals surface area contributed by atoms with Crippen LogP contribution in [-0.2, 0) is 6.42 Å². The van der Waals surface area contributed by atoms with E-state index < -0.39 is 0 Å². The van der Waals surface area contributed by atoms with E-state index in [1.807, 2.05) is 30.3 Å². The molecule has 110 valence electrons. The molecule has 3 rings (SSSR count). The van der Waals surface area contributed by atoms with Gasteiger partial charge in [-0.3, -0.25) is 0 Å². The van der Waals surface area contributed by atoms with E-state index in [0.29, 0.717) is 30.7 Å². The Morgan fingerprint density at radius 1 is 1.29 bits per heavy atom. The van der Waals surface area contributed by atoms with Gasteiger partial charge in [0.05, 0.1) is 0 Å². The minimum absolute atomic E-state index is 0.0898. The van der Waals surface area contributed by atoms with Crippen LogP contribution in [0.4, 0.5) is 4.79 Å². The first kappa shape index (κ1) is 13.6. The summed E-state index contributed by atoms with van der Waals surface area (Å²) >= 11 is 0. The smallest absolute Gasteiger partial charge is 0.315 e. The molecular weight excluding hydrogens is 268 g/mol. The molecule has 6 nitrogen and oxygen atoms in total. The summed E-state index contributed by atoms with van der Waals surface area (Å²) < 4.78 is 5.21. The van der Waals surface area contributed by atoms with Gasteiger partial charge in [0.25, 0.3) is 0 Å². The molecule has 6 heteroatoms. The lowest BCUT2D eigenvalue weighted by Crippen LogP contribution is -2.37. The van der Waals surface area contributed by atoms with Crippen LogP contribution in [0.5, 0.6) is 0 Å². The Hall–Kier alpha value is -2.37. The quantitative estimate of drug-likeness (QED) is 0.797. The van der Waals surface area contributed by atoms with Crippen LogP contribution in [0.15, 0.2) is 34.9 Å². The number of hydrogen-bond donors (Lipinski definition) is 2. The van der Waals surface area contributed by atoms with Gasteiger partial charge < -0.3 is 15.2 Å². The van der Waals surface area contributed by atoms with Crippen molar-refractivity contribution in [1.82, 2.24) is 20.8 Å². The monoisotopic (exact) mass is 286 g/mol. The fourth-order valence-corrected chi connectivity index (χ4v) is 1.97. The zero-order valence-corrected chi connectivity index (χ0v) is 11.7. The highest BCUT2D eigenvalue weighted by Crippen LogP contribution is 2.18. The van der Waals surface area contributed by atoms with E-state index in [1.54, 1.807) is 0 Å². The first-order valence-corrected chi connectivity index (χ1v) is 7.23. The Labute approximate surface area is 122 Å². The van der Waals surface area contributed by atoms with Crippen molar-refractivity contribution in [1.29, 1.82) is 0 Å². The lowest BCUT2D eigenvalue weighted by Gasteiger charge is -2.04. The maximum absolute atomic E-state index is 11.4. The first-order valence-electron chi connectivity index (χ1n) is 7.23. The van der Waals surface area contributed by atoms with Gasteiger partial charge in [-0.05, 0) is 19.3 Å². The second kappa shape index (κ2) is 6.39. The van der Waals surface area contributed by atoms with Crippen LogP contribution in [0.25, 0.3) is 11.4 Å². The molecule has 2 amide bonds. The Bertz CT molecular complexity index is 593. The SMILES string of the molecule is O=C(NCCCc1nc(-c2ccccc2)no1)NC1CC1. The number of carbonyl (C=O) groups excluding carboxylic acids is 1. The van der Waals surface area contributed by atoms with Crippen LogP contribution >= 0.6 is 0 Å². The fourth-order valence-electron chi connectivity index (χ4n) is 1.97. The molecule has 0 saturated heterocycles. The number of rotatable bonds is 6. The highest BCUT2D eigenvalue weighted by molar-refractivity contribution is 5.74. The van der Waals surface area contributed by atoms with Crippen molar-refractivity contribution in [3.05, 3.63) is 36.2 Å². The van der Waals surface area contributed by atoms with Gasteiger partial charge in [0, 0.05) is 24.6 Å². The Kier molecular flexibility index (Phi) is 4.14. The summed E-state index contributed by atoms with van der Waals surface area (Å²) in [5.41, 5.74) is 0.939. The summed E-state index contributed by atoms with van der Waals surface area (Å²) in [6.45, 7) is 0.599. The molecule has 1 aromatic heterocycles. The van der Waals surface area contributed by atoms with Gasteiger partial charge in [0.2, 0.25) is 11.7 Å². The van der Waals surface area contributed by atoms with Crippen LogP contribution in [0, 0.1) is 0 Å². The molecule has 0 bridgehead atoms. The van der Waals surface area contributed by atoms with Crippen LogP contribution in [0.3, 0.4) is 0 Å². The topological polar surface area (TPSA) is 80.1 Å². The van der Waals surface area contributed by atoms with Crippen molar-refractivity contribution in [3.63, 3.8) is 0 Å². The lowest BCUT2D eigenvalue weighted by atomic mass is 10.2. The highest BCUT2D eigenvalue weighted by Gasteiger charge is 2.22. The molecule has 1 aliphatic rings. The van der Waals surface area contributed by atoms with Crippen molar-refractivity contribution < 1.29 is 9.32 Å². The molecule has 0 spiro atoms. The molecule has 2 N–H and O–H groups in total. The van der Waals surface area contributed by atoms with E-state index >= 15 is 0 Å². The molecule has 0 unspecified atom stereocenters. The second-order valence-corrected chi connectivity index (χ2v) is 5.16. The molecule has 1 heterocycles. The third-order valence-electron chi connectivity index (χ3n) is 3.27. The average molecular weight is 286 g/mol. The number of nitrogens with zero attached hydrogens (tertiary/aromatic N) is 2. The normalized spacial score (nSPS) is 13.9. The number of carbonyl (C=O) groups is 1. The van der Waals surface area contributed by atoms with E-state index in [0.717, 1.165) is 24.8 Å². The third-order valence-corrected chi connectivity index (χ3v) is 3.27. The predicted octanol–water partition coefficient (Wildman–Crippen LogP) is 2.13. The maximum Gasteiger partial charge on any atom is 0.315 e. The van der Waals surface area contributed by atoms with Crippen LogP contribution < -0.4 is 10.6 Å². The van der Waals surface area contributed by atoms with Gasteiger partial charge >= 0.3 is 6.03 Å². The van der Waals surface area contributed by atoms with Crippen LogP contribution in [0.1, 0.15) is 25.2 Å². The predicted molar refractivity (Wildman–Crippen MR) is 77.6 cm³/mol. The first-order chi connectivity index (χ1) is 10.3. The van der Waals surface area contributed by atoms with Crippen molar-refractivity contribution in [3.8, 4) is 11.4 Å². The average Bonchev–Trinajstić information content (AvgIpc) is 3.19. The second-order valence-electron chi connectivity index (χ2n) is 5.16. The van der Waals surface area contributed by atoms with Gasteiger partial charge in [-0.25, -0.2) is 4.79 Å². The maximum atomic E-state index is 11.4. The highest BCUT2D eigenvalue weighted by atomic mass is 16.5. The number of benzene rings is 1. The summed E-state index contributed by atoms with van der Waals surface area (Å²) in [5, 5.41) is 9.66. The summed E-state index contributed by atoms with van der Waals surface area (Å²) in [4.78, 5) is 15.8. The van der Waals surface area contributed by atoms with Crippen molar-refractivity contribution in [2.24, 2.45) is 0 Å². The summed E-state index contributed by atoms with van der Waals surface area (Å²) in [7, 11) is 0. The molecular formula is C15H18N4O2. The minimum atomic E-state index is -0.0898. The molecule has 2 aromatic rings. The summed E-state index contributed by atoms with van der Waals surface area (Å²) in [6.07, 6.45) is 3.62. The van der Waals surface area contributed by atoms with Crippen LogP contribution in [0.2, 0.25) is 0 Å². The van der Waals surface area contributed by atoms with E-state index in [4.69, 9.17) is 4.52 Å². The van der Waals surface area contributed by atoms with Gasteiger partial charge in [-0.15, -0.1) is 0 Å². The minimum Gasteiger partial charge on any atom is -0.339 e. The largest absolute Gasteiger partial charge is 0.339 e. The van der Waals surface area contributed by atoms with Gasteiger partial charge in [-0.1, -0.05) is 35.5 Å². The molecule has 0 atom stereocenters. The zero-order valence-electron chi connectivity index (χ0n) is 11.7. The molecule has 0 radical (unpaired) electrons. The number of amides is 2. The van der Waals surface area contributed by atoms with E-state index in [-0.39, 0.29) is 6.03 Å². The molecule has 1 saturated carbocycles. The molecule has 21 heavy (non-hydrogen) atoms. The van der Waals surface area contributed by atoms with Crippen LogP contribution in [-0.4, -0.2) is 28.8 Å². The number of aromatic nitrogens is 2. The molecule has 1 fully saturated rings. The zero-order chi connectivity index (χ0) is 14.5. The third kappa shape index (κ3) is 4.05. The Morgan fingerprint density at radius 3 is 2.86 bits per heavy atom. The lowest BCUT2D eigenvalue weighted by molar-refractivity contribution is 0.240. The number of urea groups is 1. The Morgan fingerprint density at radius 2 is 2.10 bits per heavy atom. The van der Waals surface area contributed by atoms with Crippen molar-refractivity contribution in [2.75, 3.05) is 6.54 Å². The molecule has 1 aliphatic carbocycles. The van der Waals surface area contributed by atoms with Crippen molar-refractivity contribution in [2.45, 2.75) is 31.7 Å². The van der Waals surface area contributed by atoms with E-state index in [9.17, 15) is 4.79 Å². The molecule has 0 aliphatic heterocycles. The summed E-state index contributed by atoms with van der Waals surface area (Å²) in [6, 6.07) is 10.0. The standard InChI is InChI=1S/C15H18N4O2/c20-15(17-12-8-9-12)16-10-4-7-13-18-14(19-21-13)11-5-2-1-3-6-11/h1-3,5-6,12H,4,7-10H2,(H2,16,17,20). The van der Waals surface area contributed by atoms with E-state index in [2.05, 4.69) is 20.8 Å². The van der Waals surface area contributed by atoms with Gasteiger partial charge in [-0.2, -0.15) is 4.98 Å². The van der Waals surface area contributed by atoms with E-state index in [1.165, 1.54) is 0 Å². The Balaban J connectivity index is 1.41. The summed E-state index contributed by atoms with van der Waals surface area (Å²) in [5.74, 6) is 1.20. The number of hydrogen-bond acceptors (Lipinski definition) is 4. The van der Waals surface area contributed by atoms with Gasteiger partial charge in [0.1, 0.15) is 0 Å².